The quantitative estimate of drug-likeness (QED) is 0.821. The molecule has 3 fully saturated rings. The largest absolute Gasteiger partial charge is 0.358 e. The van der Waals surface area contributed by atoms with E-state index in [4.69, 9.17) is 23.8 Å². The van der Waals surface area contributed by atoms with E-state index in [-0.39, 0.29) is 5.02 Å². The highest BCUT2D eigenvalue weighted by Crippen LogP contribution is 2.27. The summed E-state index contributed by atoms with van der Waals surface area (Å²) in [7, 11) is 0. The van der Waals surface area contributed by atoms with E-state index in [2.05, 4.69) is 15.5 Å². The van der Waals surface area contributed by atoms with E-state index < -0.39 is 5.82 Å². The maximum Gasteiger partial charge on any atom is 0.171 e. The van der Waals surface area contributed by atoms with E-state index in [1.165, 1.54) is 32.0 Å². The fraction of sp³-hybridized carbons (Fsp3) is 0.500. The van der Waals surface area contributed by atoms with E-state index in [0.29, 0.717) is 22.8 Å². The summed E-state index contributed by atoms with van der Waals surface area (Å²) in [6, 6.07) is 4.92. The third kappa shape index (κ3) is 3.05. The summed E-state index contributed by atoms with van der Waals surface area (Å²) in [6.07, 6.45) is 2.48. The van der Waals surface area contributed by atoms with Gasteiger partial charge in [-0.3, -0.25) is 0 Å². The summed E-state index contributed by atoms with van der Waals surface area (Å²) in [4.78, 5) is 2.47. The van der Waals surface area contributed by atoms with Crippen molar-refractivity contribution in [1.29, 1.82) is 0 Å². The number of nitrogens with zero attached hydrogens (tertiary/aromatic N) is 1. The van der Waals surface area contributed by atoms with Gasteiger partial charge in [-0.2, -0.15) is 0 Å². The molecule has 0 spiro atoms. The van der Waals surface area contributed by atoms with Gasteiger partial charge in [-0.25, -0.2) is 4.39 Å². The molecule has 1 aromatic rings. The van der Waals surface area contributed by atoms with Gasteiger partial charge in [-0.1, -0.05) is 11.6 Å². The van der Waals surface area contributed by atoms with Crippen molar-refractivity contribution in [2.75, 3.05) is 25.0 Å². The van der Waals surface area contributed by atoms with Crippen LogP contribution in [0.4, 0.5) is 10.1 Å². The second kappa shape index (κ2) is 5.84. The number of fused-ring (bicyclic) bond motifs is 3. The first-order chi connectivity index (χ1) is 9.61. The fourth-order valence-corrected chi connectivity index (χ4v) is 3.49. The van der Waals surface area contributed by atoms with Crippen molar-refractivity contribution in [2.45, 2.75) is 18.9 Å². The maximum absolute atomic E-state index is 13.1. The zero-order valence-electron chi connectivity index (χ0n) is 11.0. The van der Waals surface area contributed by atoms with E-state index in [0.717, 1.165) is 6.54 Å². The van der Waals surface area contributed by atoms with E-state index in [9.17, 15) is 4.39 Å². The van der Waals surface area contributed by atoms with Crippen molar-refractivity contribution >= 4 is 34.6 Å². The second-order valence-electron chi connectivity index (χ2n) is 5.47. The topological polar surface area (TPSA) is 27.3 Å². The normalized spacial score (nSPS) is 28.2. The van der Waals surface area contributed by atoms with Gasteiger partial charge in [0.25, 0.3) is 0 Å². The number of hydrogen-bond acceptors (Lipinski definition) is 2. The number of benzene rings is 1. The van der Waals surface area contributed by atoms with Crippen LogP contribution in [-0.2, 0) is 0 Å². The van der Waals surface area contributed by atoms with Crippen LogP contribution < -0.4 is 10.6 Å². The minimum atomic E-state index is -0.423. The average molecular weight is 314 g/mol. The third-order valence-electron chi connectivity index (χ3n) is 4.15. The number of nitrogens with one attached hydrogen (secondary N) is 2. The van der Waals surface area contributed by atoms with Crippen LogP contribution in [0.2, 0.25) is 5.02 Å². The molecule has 0 saturated carbocycles. The molecule has 2 bridgehead atoms. The number of thiocarbonyl (C=S) groups is 1. The van der Waals surface area contributed by atoms with Crippen LogP contribution in [0.25, 0.3) is 0 Å². The van der Waals surface area contributed by atoms with E-state index in [1.807, 2.05) is 0 Å². The molecule has 4 rings (SSSR count). The monoisotopic (exact) mass is 313 g/mol. The molecule has 1 atom stereocenters. The van der Waals surface area contributed by atoms with Gasteiger partial charge in [-0.15, -0.1) is 0 Å². The predicted octanol–water partition coefficient (Wildman–Crippen LogP) is 2.86. The molecule has 0 amide bonds. The summed E-state index contributed by atoms with van der Waals surface area (Å²) < 4.78 is 13.1. The van der Waals surface area contributed by atoms with E-state index in [1.54, 1.807) is 12.1 Å². The molecule has 0 aromatic heterocycles. The Morgan fingerprint density at radius 3 is 2.70 bits per heavy atom. The minimum absolute atomic E-state index is 0.0978. The van der Waals surface area contributed by atoms with Gasteiger partial charge < -0.3 is 15.5 Å². The molecule has 3 aliphatic rings. The smallest absolute Gasteiger partial charge is 0.171 e. The summed E-state index contributed by atoms with van der Waals surface area (Å²) >= 11 is 11.1. The standard InChI is InChI=1S/C14H17ClFN3S/c15-11-7-10(1-2-12(11)16)17-14(20)18-13-8-19-5-3-9(13)4-6-19/h1-2,7,9,13H,3-6,8H2,(H2,17,18,20)/t13-/m0/s1. The first kappa shape index (κ1) is 14.0. The van der Waals surface area contributed by atoms with Gasteiger partial charge in [0.2, 0.25) is 0 Å². The van der Waals surface area contributed by atoms with Crippen molar-refractivity contribution in [2.24, 2.45) is 5.92 Å². The molecule has 1 aromatic carbocycles. The van der Waals surface area contributed by atoms with Crippen LogP contribution in [0.5, 0.6) is 0 Å². The number of hydrogen-bond donors (Lipinski definition) is 2. The van der Waals surface area contributed by atoms with Crippen LogP contribution in [0.15, 0.2) is 18.2 Å². The van der Waals surface area contributed by atoms with Crippen molar-refractivity contribution in [3.05, 3.63) is 29.0 Å². The predicted molar refractivity (Wildman–Crippen MR) is 83.7 cm³/mol. The number of rotatable bonds is 2. The average Bonchev–Trinajstić information content (AvgIpc) is 2.44. The van der Waals surface area contributed by atoms with Gasteiger partial charge in [0, 0.05) is 18.3 Å². The van der Waals surface area contributed by atoms with Crippen molar-refractivity contribution < 1.29 is 4.39 Å². The number of anilines is 1. The Bertz CT molecular complexity index is 517. The Kier molecular flexibility index (Phi) is 4.10. The van der Waals surface area contributed by atoms with Crippen molar-refractivity contribution in [1.82, 2.24) is 10.2 Å². The van der Waals surface area contributed by atoms with Gasteiger partial charge in [0.05, 0.1) is 5.02 Å². The molecule has 6 heteroatoms. The molecule has 20 heavy (non-hydrogen) atoms. The molecule has 0 unspecified atom stereocenters. The zero-order chi connectivity index (χ0) is 14.1. The molecule has 3 saturated heterocycles. The van der Waals surface area contributed by atoms with Crippen LogP contribution in [0.3, 0.4) is 0 Å². The van der Waals surface area contributed by atoms with Crippen LogP contribution in [-0.4, -0.2) is 35.7 Å². The highest BCUT2D eigenvalue weighted by atomic mass is 35.5. The van der Waals surface area contributed by atoms with Gasteiger partial charge >= 0.3 is 0 Å². The minimum Gasteiger partial charge on any atom is -0.358 e. The Labute approximate surface area is 128 Å². The molecule has 0 radical (unpaired) electrons. The molecule has 3 aliphatic heterocycles. The lowest BCUT2D eigenvalue weighted by atomic mass is 9.84. The van der Waals surface area contributed by atoms with Crippen LogP contribution in [0.1, 0.15) is 12.8 Å². The Balaban J connectivity index is 1.58. The summed E-state index contributed by atoms with van der Waals surface area (Å²) in [5.41, 5.74) is 0.704. The van der Waals surface area contributed by atoms with Gasteiger partial charge in [0.1, 0.15) is 5.82 Å². The van der Waals surface area contributed by atoms with Crippen molar-refractivity contribution in [3.63, 3.8) is 0 Å². The molecule has 0 aliphatic carbocycles. The Hall–Kier alpha value is -0.910. The molecular weight excluding hydrogens is 297 g/mol. The maximum atomic E-state index is 13.1. The summed E-state index contributed by atoms with van der Waals surface area (Å²) in [6.45, 7) is 3.46. The lowest BCUT2D eigenvalue weighted by Gasteiger charge is -2.45. The van der Waals surface area contributed by atoms with E-state index >= 15 is 0 Å². The highest BCUT2D eigenvalue weighted by molar-refractivity contribution is 7.80. The highest BCUT2D eigenvalue weighted by Gasteiger charge is 2.34. The summed E-state index contributed by atoms with van der Waals surface area (Å²) in [5.74, 6) is 0.282. The van der Waals surface area contributed by atoms with Gasteiger partial charge in [-0.05, 0) is 62.3 Å². The fourth-order valence-electron chi connectivity index (χ4n) is 3.04. The molecule has 108 valence electrons. The molecule has 3 heterocycles. The zero-order valence-corrected chi connectivity index (χ0v) is 12.6. The Morgan fingerprint density at radius 2 is 2.10 bits per heavy atom. The SMILES string of the molecule is Fc1ccc(NC(=S)N[C@H]2CN3CCC2CC3)cc1Cl. The second-order valence-corrected chi connectivity index (χ2v) is 6.29. The van der Waals surface area contributed by atoms with Gasteiger partial charge in [0.15, 0.2) is 5.11 Å². The molecule has 2 N–H and O–H groups in total. The third-order valence-corrected chi connectivity index (χ3v) is 4.66. The van der Waals surface area contributed by atoms with Crippen LogP contribution in [0, 0.1) is 11.7 Å². The lowest BCUT2D eigenvalue weighted by Crippen LogP contribution is -2.57. The first-order valence-corrected chi connectivity index (χ1v) is 7.65. The number of piperidine rings is 3. The molecular formula is C14H17ClFN3S. The summed E-state index contributed by atoms with van der Waals surface area (Å²) in [5, 5.41) is 7.12. The van der Waals surface area contributed by atoms with Crippen LogP contribution >= 0.6 is 23.8 Å². The van der Waals surface area contributed by atoms with Crippen molar-refractivity contribution in [3.8, 4) is 0 Å². The lowest BCUT2D eigenvalue weighted by molar-refractivity contribution is 0.0815. The number of halogens is 2. The first-order valence-electron chi connectivity index (χ1n) is 6.87. The Morgan fingerprint density at radius 1 is 1.35 bits per heavy atom. The molecule has 3 nitrogen and oxygen atoms in total.